The van der Waals surface area contributed by atoms with Crippen molar-refractivity contribution < 1.29 is 0 Å². The molecule has 7 unspecified atom stereocenters. The monoisotopic (exact) mass is 342 g/mol. The van der Waals surface area contributed by atoms with Gasteiger partial charge in [0.15, 0.2) is 0 Å². The predicted molar refractivity (Wildman–Crippen MR) is 113 cm³/mol. The maximum absolute atomic E-state index is 4.58. The van der Waals surface area contributed by atoms with Crippen LogP contribution in [0.25, 0.3) is 0 Å². The van der Waals surface area contributed by atoms with Gasteiger partial charge in [-0.05, 0) is 85.9 Å². The molecule has 0 aromatic rings. The Morgan fingerprint density at radius 3 is 2.28 bits per heavy atom. The maximum Gasteiger partial charge on any atom is -0.00877 e. The van der Waals surface area contributed by atoms with Gasteiger partial charge < -0.3 is 0 Å². The summed E-state index contributed by atoms with van der Waals surface area (Å²) in [6.45, 7) is 27.2. The van der Waals surface area contributed by atoms with Crippen LogP contribution in [0.2, 0.25) is 0 Å². The van der Waals surface area contributed by atoms with E-state index in [4.69, 9.17) is 0 Å². The van der Waals surface area contributed by atoms with E-state index in [-0.39, 0.29) is 0 Å². The smallest absolute Gasteiger partial charge is 0.00877 e. The van der Waals surface area contributed by atoms with Crippen molar-refractivity contribution in [1.82, 2.24) is 0 Å². The number of rotatable bonds is 3. The fourth-order valence-corrected chi connectivity index (χ4v) is 7.17. The van der Waals surface area contributed by atoms with Gasteiger partial charge in [0.25, 0.3) is 0 Å². The lowest BCUT2D eigenvalue weighted by molar-refractivity contribution is 0.111. The highest BCUT2D eigenvalue weighted by Crippen LogP contribution is 2.68. The average molecular weight is 343 g/mol. The van der Waals surface area contributed by atoms with E-state index in [1.165, 1.54) is 50.5 Å². The van der Waals surface area contributed by atoms with Crippen molar-refractivity contribution in [1.29, 1.82) is 0 Å². The molecule has 0 N–H and O–H groups in total. The van der Waals surface area contributed by atoms with Crippen molar-refractivity contribution in [2.45, 2.75) is 79.6 Å². The lowest BCUT2D eigenvalue weighted by Crippen LogP contribution is -2.36. The number of fused-ring (bicyclic) bond motifs is 1. The van der Waals surface area contributed by atoms with Crippen molar-refractivity contribution in [2.24, 2.45) is 40.4 Å². The van der Waals surface area contributed by atoms with Crippen LogP contribution in [0, 0.1) is 40.4 Å². The highest BCUT2D eigenvalue weighted by atomic mass is 14.6. The van der Waals surface area contributed by atoms with E-state index in [1.54, 1.807) is 5.57 Å². The van der Waals surface area contributed by atoms with Gasteiger partial charge in [-0.2, -0.15) is 0 Å². The molecular weight excluding hydrogens is 300 g/mol. The molecule has 0 heterocycles. The quantitative estimate of drug-likeness (QED) is 0.458. The molecule has 0 aliphatic heterocycles. The van der Waals surface area contributed by atoms with Crippen molar-refractivity contribution in [3.05, 3.63) is 37.5 Å². The van der Waals surface area contributed by atoms with Crippen molar-refractivity contribution in [3.63, 3.8) is 0 Å². The Hall–Kier alpha value is -0.780. The van der Waals surface area contributed by atoms with Gasteiger partial charge in [-0.1, -0.05) is 58.4 Å². The van der Waals surface area contributed by atoms with E-state index >= 15 is 0 Å². The molecular formula is C25H42. The Morgan fingerprint density at radius 2 is 1.76 bits per heavy atom. The summed E-state index contributed by atoms with van der Waals surface area (Å²) in [7, 11) is 0. The van der Waals surface area contributed by atoms with Gasteiger partial charge in [0.2, 0.25) is 0 Å². The largest absolute Gasteiger partial charge is 0.106 e. The minimum Gasteiger partial charge on any atom is -0.106 e. The summed E-state index contributed by atoms with van der Waals surface area (Å²) in [6.07, 6.45) is 9.61. The molecule has 0 nitrogen and oxygen atoms in total. The summed E-state index contributed by atoms with van der Waals surface area (Å²) in [6, 6.07) is 0. The van der Waals surface area contributed by atoms with E-state index in [0.717, 1.165) is 29.6 Å². The fraction of sp³-hybridized carbons (Fsp3) is 0.760. The van der Waals surface area contributed by atoms with Gasteiger partial charge in [-0.3, -0.25) is 0 Å². The first-order valence-electron chi connectivity index (χ1n) is 10.6. The van der Waals surface area contributed by atoms with Crippen LogP contribution in [-0.2, 0) is 0 Å². The van der Waals surface area contributed by atoms with Crippen LogP contribution in [0.15, 0.2) is 37.5 Å². The number of hydrogen-bond acceptors (Lipinski definition) is 0. The van der Waals surface area contributed by atoms with E-state index in [9.17, 15) is 0 Å². The first kappa shape index (κ1) is 20.5. The molecule has 0 aromatic heterocycles. The highest BCUT2D eigenvalue weighted by molar-refractivity contribution is 5.21. The van der Waals surface area contributed by atoms with E-state index in [1.807, 2.05) is 0 Å². The molecule has 3 aliphatic carbocycles. The number of hydrogen-bond donors (Lipinski definition) is 0. The van der Waals surface area contributed by atoms with Crippen LogP contribution in [0.3, 0.4) is 0 Å². The highest BCUT2D eigenvalue weighted by Gasteiger charge is 2.60. The van der Waals surface area contributed by atoms with Gasteiger partial charge in [0.1, 0.15) is 0 Å². The van der Waals surface area contributed by atoms with Crippen molar-refractivity contribution >= 4 is 0 Å². The summed E-state index contributed by atoms with van der Waals surface area (Å²) in [4.78, 5) is 0. The SMILES string of the molecule is C=C.C=C(C)C1CCC2C(CC)C(C3(C)CCC(C)CC3=C)CC12C. The third-order valence-corrected chi connectivity index (χ3v) is 8.55. The van der Waals surface area contributed by atoms with Crippen molar-refractivity contribution in [3.8, 4) is 0 Å². The third-order valence-electron chi connectivity index (χ3n) is 8.55. The first-order valence-corrected chi connectivity index (χ1v) is 10.6. The van der Waals surface area contributed by atoms with Crippen LogP contribution < -0.4 is 0 Å². The van der Waals surface area contributed by atoms with Crippen LogP contribution in [-0.4, -0.2) is 0 Å². The Morgan fingerprint density at radius 1 is 1.12 bits per heavy atom. The van der Waals surface area contributed by atoms with Crippen LogP contribution in [0.4, 0.5) is 0 Å². The molecule has 3 aliphatic rings. The van der Waals surface area contributed by atoms with Gasteiger partial charge in [0, 0.05) is 0 Å². The molecule has 0 spiro atoms. The molecule has 7 atom stereocenters. The average Bonchev–Trinajstić information content (AvgIpc) is 3.04. The van der Waals surface area contributed by atoms with Crippen LogP contribution in [0.5, 0.6) is 0 Å². The summed E-state index contributed by atoms with van der Waals surface area (Å²) >= 11 is 0. The Balaban J connectivity index is 0.00000109. The molecule has 0 heteroatoms. The second-order valence-corrected chi connectivity index (χ2v) is 9.84. The topological polar surface area (TPSA) is 0 Å². The minimum atomic E-state index is 0.389. The lowest BCUT2D eigenvalue weighted by Gasteiger charge is -2.46. The molecule has 3 saturated carbocycles. The zero-order chi connectivity index (χ0) is 19.0. The molecule has 3 rings (SSSR count). The molecule has 3 fully saturated rings. The summed E-state index contributed by atoms with van der Waals surface area (Å²) in [5.74, 6) is 4.27. The van der Waals surface area contributed by atoms with E-state index in [2.05, 4.69) is 60.9 Å². The minimum absolute atomic E-state index is 0.389. The maximum atomic E-state index is 4.58. The Bertz CT molecular complexity index is 514. The van der Waals surface area contributed by atoms with Crippen LogP contribution in [0.1, 0.15) is 79.6 Å². The van der Waals surface area contributed by atoms with Gasteiger partial charge >= 0.3 is 0 Å². The third kappa shape index (κ3) is 3.19. The molecule has 142 valence electrons. The number of allylic oxidation sites excluding steroid dienone is 2. The van der Waals surface area contributed by atoms with Gasteiger partial charge in [-0.25, -0.2) is 0 Å². The normalized spacial score (nSPS) is 46.3. The molecule has 0 saturated heterocycles. The molecule has 0 aromatic carbocycles. The zero-order valence-electron chi connectivity index (χ0n) is 17.7. The zero-order valence-corrected chi connectivity index (χ0v) is 17.7. The summed E-state index contributed by atoms with van der Waals surface area (Å²) in [5.41, 5.74) is 3.89. The Kier molecular flexibility index (Phi) is 6.12. The second-order valence-electron chi connectivity index (χ2n) is 9.84. The summed E-state index contributed by atoms with van der Waals surface area (Å²) < 4.78 is 0. The first-order chi connectivity index (χ1) is 11.7. The van der Waals surface area contributed by atoms with Crippen molar-refractivity contribution in [2.75, 3.05) is 0 Å². The molecule has 0 bridgehead atoms. The lowest BCUT2D eigenvalue weighted by atomic mass is 9.59. The van der Waals surface area contributed by atoms with E-state index < -0.39 is 0 Å². The molecule has 25 heavy (non-hydrogen) atoms. The second kappa shape index (κ2) is 7.45. The van der Waals surface area contributed by atoms with E-state index in [0.29, 0.717) is 10.8 Å². The van der Waals surface area contributed by atoms with Crippen LogP contribution >= 0.6 is 0 Å². The van der Waals surface area contributed by atoms with Gasteiger partial charge in [0.05, 0.1) is 0 Å². The Labute approximate surface area is 157 Å². The van der Waals surface area contributed by atoms with Gasteiger partial charge in [-0.15, -0.1) is 13.2 Å². The predicted octanol–water partition coefficient (Wildman–Crippen LogP) is 7.83. The standard InChI is InChI=1S/C23H38.C2H4/c1-8-18-20-10-9-19(15(2)3)23(20,7)14-21(18)22(6)12-11-16(4)13-17(22)5;1-2/h16,18-21H,2,5,8-14H2,1,3-4,6-7H3;1-2H2. The molecule has 0 radical (unpaired) electrons. The molecule has 0 amide bonds. The fourth-order valence-electron chi connectivity index (χ4n) is 7.17. The summed E-state index contributed by atoms with van der Waals surface area (Å²) in [5, 5.41) is 0.